The van der Waals surface area contributed by atoms with E-state index in [1.807, 2.05) is 31.2 Å². The number of hydrogen-bond acceptors (Lipinski definition) is 5. The highest BCUT2D eigenvalue weighted by molar-refractivity contribution is 7.92. The van der Waals surface area contributed by atoms with E-state index in [1.165, 1.54) is 25.3 Å². The van der Waals surface area contributed by atoms with Crippen molar-refractivity contribution in [2.24, 2.45) is 0 Å². The lowest BCUT2D eigenvalue weighted by Gasteiger charge is -2.15. The predicted molar refractivity (Wildman–Crippen MR) is 117 cm³/mol. The van der Waals surface area contributed by atoms with E-state index in [-0.39, 0.29) is 22.0 Å². The molecule has 31 heavy (non-hydrogen) atoms. The molecule has 0 bridgehead atoms. The van der Waals surface area contributed by atoms with Gasteiger partial charge in [-0.05, 0) is 42.3 Å². The molecule has 3 aromatic rings. The third-order valence-corrected chi connectivity index (χ3v) is 6.14. The second kappa shape index (κ2) is 8.95. The normalized spacial score (nSPS) is 11.1. The third-order valence-electron chi connectivity index (χ3n) is 4.49. The average Bonchev–Trinajstić information content (AvgIpc) is 2.74. The number of carbonyl (C=O) groups excluding carboxylic acids is 1. The summed E-state index contributed by atoms with van der Waals surface area (Å²) in [6.45, 7) is 1.92. The quantitative estimate of drug-likeness (QED) is 0.517. The Morgan fingerprint density at radius 1 is 1.03 bits per heavy atom. The lowest BCUT2D eigenvalue weighted by Crippen LogP contribution is -2.16. The Hall–Kier alpha value is -3.10. The zero-order chi connectivity index (χ0) is 22.8. The van der Waals surface area contributed by atoms with Crippen molar-refractivity contribution >= 4 is 33.3 Å². The van der Waals surface area contributed by atoms with Gasteiger partial charge >= 0.3 is 5.97 Å². The van der Waals surface area contributed by atoms with Crippen LogP contribution in [0.15, 0.2) is 59.5 Å². The second-order valence-corrected chi connectivity index (χ2v) is 8.71. The van der Waals surface area contributed by atoms with Crippen molar-refractivity contribution < 1.29 is 27.1 Å². The molecule has 0 amide bonds. The molecule has 0 spiro atoms. The summed E-state index contributed by atoms with van der Waals surface area (Å²) < 4.78 is 52.6. The van der Waals surface area contributed by atoms with E-state index >= 15 is 0 Å². The molecule has 0 aliphatic rings. The van der Waals surface area contributed by atoms with Gasteiger partial charge in [0.05, 0.1) is 30.5 Å². The minimum atomic E-state index is -4.38. The first-order chi connectivity index (χ1) is 14.7. The molecule has 0 aliphatic carbocycles. The van der Waals surface area contributed by atoms with E-state index in [9.17, 15) is 17.6 Å². The largest absolute Gasteiger partial charge is 0.494 e. The number of aryl methyl sites for hydroxylation is 1. The topological polar surface area (TPSA) is 81.7 Å². The molecule has 0 heterocycles. The molecule has 9 heteroatoms. The molecular formula is C22H19ClFNO5S. The maximum Gasteiger partial charge on any atom is 0.337 e. The number of methoxy groups -OCH3 is 2. The lowest BCUT2D eigenvalue weighted by molar-refractivity contribution is 0.0600. The van der Waals surface area contributed by atoms with Gasteiger partial charge in [0.15, 0.2) is 5.75 Å². The fraction of sp³-hybridized carbons (Fsp3) is 0.136. The first kappa shape index (κ1) is 22.6. The van der Waals surface area contributed by atoms with Crippen LogP contribution < -0.4 is 9.46 Å². The molecule has 0 aliphatic heterocycles. The van der Waals surface area contributed by atoms with Crippen LogP contribution in [0.25, 0.3) is 11.1 Å². The van der Waals surface area contributed by atoms with Crippen LogP contribution in [0.3, 0.4) is 0 Å². The van der Waals surface area contributed by atoms with Gasteiger partial charge in [0.25, 0.3) is 10.0 Å². The molecule has 0 saturated carbocycles. The van der Waals surface area contributed by atoms with Gasteiger partial charge in [0, 0.05) is 0 Å². The van der Waals surface area contributed by atoms with Crippen LogP contribution in [0, 0.1) is 12.7 Å². The fourth-order valence-corrected chi connectivity index (χ4v) is 4.64. The molecule has 1 N–H and O–H groups in total. The molecular weight excluding hydrogens is 445 g/mol. The first-order valence-electron chi connectivity index (χ1n) is 9.01. The zero-order valence-electron chi connectivity index (χ0n) is 16.9. The average molecular weight is 464 g/mol. The molecule has 0 unspecified atom stereocenters. The Kier molecular flexibility index (Phi) is 6.52. The van der Waals surface area contributed by atoms with Gasteiger partial charge in [0.2, 0.25) is 0 Å². The van der Waals surface area contributed by atoms with Crippen LogP contribution >= 0.6 is 11.6 Å². The Bertz CT molecular complexity index is 1260. The van der Waals surface area contributed by atoms with Crippen LogP contribution in [0.1, 0.15) is 15.9 Å². The summed E-state index contributed by atoms with van der Waals surface area (Å²) in [5.41, 5.74) is 2.07. The Labute approximate surface area is 184 Å². The molecule has 6 nitrogen and oxygen atoms in total. The number of nitrogens with one attached hydrogen (secondary N) is 1. The van der Waals surface area contributed by atoms with Crippen molar-refractivity contribution in [3.63, 3.8) is 0 Å². The van der Waals surface area contributed by atoms with Crippen molar-refractivity contribution in [1.29, 1.82) is 0 Å². The summed E-state index contributed by atoms with van der Waals surface area (Å²) in [5, 5.41) is -0.111. The highest BCUT2D eigenvalue weighted by atomic mass is 35.5. The van der Waals surface area contributed by atoms with Crippen molar-refractivity contribution in [3.05, 3.63) is 76.6 Å². The predicted octanol–water partition coefficient (Wildman–Crippen LogP) is 5.05. The molecule has 0 saturated heterocycles. The summed E-state index contributed by atoms with van der Waals surface area (Å²) in [6, 6.07) is 13.9. The first-order valence-corrected chi connectivity index (χ1v) is 10.9. The molecule has 162 valence electrons. The van der Waals surface area contributed by atoms with Crippen LogP contribution in [0.5, 0.6) is 5.75 Å². The maximum absolute atomic E-state index is 14.5. The molecule has 3 rings (SSSR count). The molecule has 0 atom stereocenters. The van der Waals surface area contributed by atoms with Gasteiger partial charge in [0.1, 0.15) is 10.7 Å². The van der Waals surface area contributed by atoms with Gasteiger partial charge in [-0.2, -0.15) is 0 Å². The van der Waals surface area contributed by atoms with E-state index in [2.05, 4.69) is 9.46 Å². The fourth-order valence-electron chi connectivity index (χ4n) is 3.01. The maximum atomic E-state index is 14.5. The van der Waals surface area contributed by atoms with E-state index in [1.54, 1.807) is 6.07 Å². The van der Waals surface area contributed by atoms with Crippen molar-refractivity contribution in [1.82, 2.24) is 0 Å². The van der Waals surface area contributed by atoms with Crippen molar-refractivity contribution in [2.75, 3.05) is 18.9 Å². The summed E-state index contributed by atoms with van der Waals surface area (Å²) >= 11 is 6.10. The smallest absolute Gasteiger partial charge is 0.337 e. The number of hydrogen-bond donors (Lipinski definition) is 1. The molecule has 3 aromatic carbocycles. The molecule has 0 fully saturated rings. The van der Waals surface area contributed by atoms with Gasteiger partial charge < -0.3 is 9.47 Å². The summed E-state index contributed by atoms with van der Waals surface area (Å²) in [7, 11) is -1.99. The van der Waals surface area contributed by atoms with Crippen LogP contribution in [0.4, 0.5) is 10.1 Å². The highest BCUT2D eigenvalue weighted by Crippen LogP contribution is 2.35. The second-order valence-electron chi connectivity index (χ2n) is 6.65. The number of esters is 1. The number of carbonyl (C=O) groups is 1. The van der Waals surface area contributed by atoms with Crippen molar-refractivity contribution in [3.8, 4) is 16.9 Å². The number of ether oxygens (including phenoxy) is 2. The van der Waals surface area contributed by atoms with Crippen LogP contribution in [-0.4, -0.2) is 28.6 Å². The monoisotopic (exact) mass is 463 g/mol. The van der Waals surface area contributed by atoms with Gasteiger partial charge in [-0.1, -0.05) is 47.5 Å². The SMILES string of the molecule is COC(=O)c1cc(Cl)c(OC)c(S(=O)(=O)Nc2cc(-c3cccc(C)c3)ccc2F)c1. The zero-order valence-corrected chi connectivity index (χ0v) is 18.5. The minimum Gasteiger partial charge on any atom is -0.494 e. The molecule has 0 aromatic heterocycles. The number of anilines is 1. The number of benzene rings is 3. The van der Waals surface area contributed by atoms with Crippen molar-refractivity contribution in [2.45, 2.75) is 11.8 Å². The Balaban J connectivity index is 2.08. The standard InChI is InChI=1S/C22H19ClFNO5S/c1-13-5-4-6-14(9-13)15-7-8-18(24)19(11-15)25-31(27,28)20-12-16(22(26)30-3)10-17(23)21(20)29-2/h4-12,25H,1-3H3. The number of halogens is 2. The van der Waals surface area contributed by atoms with Gasteiger partial charge in [-0.25, -0.2) is 17.6 Å². The summed E-state index contributed by atoms with van der Waals surface area (Å²) in [4.78, 5) is 11.5. The Morgan fingerprint density at radius 3 is 2.39 bits per heavy atom. The van der Waals surface area contributed by atoms with Gasteiger partial charge in [-0.15, -0.1) is 0 Å². The van der Waals surface area contributed by atoms with Crippen LogP contribution in [-0.2, 0) is 14.8 Å². The minimum absolute atomic E-state index is 0.0948. The summed E-state index contributed by atoms with van der Waals surface area (Å²) in [5.74, 6) is -1.74. The van der Waals surface area contributed by atoms with Gasteiger partial charge in [-0.3, -0.25) is 4.72 Å². The van der Waals surface area contributed by atoms with E-state index in [0.717, 1.165) is 24.3 Å². The van der Waals surface area contributed by atoms with E-state index in [0.29, 0.717) is 5.56 Å². The van der Waals surface area contributed by atoms with E-state index < -0.39 is 26.7 Å². The third kappa shape index (κ3) is 4.81. The van der Waals surface area contributed by atoms with E-state index in [4.69, 9.17) is 16.3 Å². The Morgan fingerprint density at radius 2 is 1.74 bits per heavy atom. The number of sulfonamides is 1. The molecule has 0 radical (unpaired) electrons. The summed E-state index contributed by atoms with van der Waals surface area (Å²) in [6.07, 6.45) is 0. The lowest BCUT2D eigenvalue weighted by atomic mass is 10.0. The van der Waals surface area contributed by atoms with Crippen LogP contribution in [0.2, 0.25) is 5.02 Å². The number of rotatable bonds is 6. The highest BCUT2D eigenvalue weighted by Gasteiger charge is 2.26.